The van der Waals surface area contributed by atoms with Crippen molar-refractivity contribution in [1.29, 1.82) is 0 Å². The third-order valence-electron chi connectivity index (χ3n) is 4.09. The van der Waals surface area contributed by atoms with Crippen molar-refractivity contribution in [3.63, 3.8) is 0 Å². The summed E-state index contributed by atoms with van der Waals surface area (Å²) in [5, 5.41) is 6.28. The van der Waals surface area contributed by atoms with Gasteiger partial charge in [-0.1, -0.05) is 13.3 Å². The van der Waals surface area contributed by atoms with E-state index in [2.05, 4.69) is 10.3 Å². The molecule has 20 heavy (non-hydrogen) atoms. The fourth-order valence-corrected chi connectivity index (χ4v) is 3.78. The van der Waals surface area contributed by atoms with Crippen LogP contribution < -0.4 is 5.32 Å². The van der Waals surface area contributed by atoms with Crippen LogP contribution in [0.4, 0.5) is 13.2 Å². The molecule has 1 aliphatic rings. The largest absolute Gasteiger partial charge is 0.391 e. The van der Waals surface area contributed by atoms with Gasteiger partial charge < -0.3 is 5.32 Å². The second-order valence-corrected chi connectivity index (χ2v) is 6.44. The number of thiazole rings is 1. The van der Waals surface area contributed by atoms with Crippen molar-refractivity contribution >= 4 is 11.3 Å². The highest BCUT2D eigenvalue weighted by Crippen LogP contribution is 2.41. The molecule has 1 aromatic rings. The monoisotopic (exact) mass is 306 g/mol. The molecule has 2 nitrogen and oxygen atoms in total. The summed E-state index contributed by atoms with van der Waals surface area (Å²) in [4.78, 5) is 4.26. The summed E-state index contributed by atoms with van der Waals surface area (Å²) >= 11 is 1.57. The summed E-state index contributed by atoms with van der Waals surface area (Å²) in [5.41, 5.74) is 0. The van der Waals surface area contributed by atoms with Gasteiger partial charge in [-0.15, -0.1) is 11.3 Å². The Hall–Kier alpha value is -0.620. The van der Waals surface area contributed by atoms with Crippen molar-refractivity contribution in [1.82, 2.24) is 10.3 Å². The minimum atomic E-state index is -4.05. The van der Waals surface area contributed by atoms with Gasteiger partial charge in [-0.2, -0.15) is 13.2 Å². The maximum Gasteiger partial charge on any atom is 0.391 e. The SMILES string of the molecule is CCNC(Cc1nccs1)C1CCCC(C(F)(F)F)C1. The maximum absolute atomic E-state index is 12.9. The lowest BCUT2D eigenvalue weighted by molar-refractivity contribution is -0.186. The molecule has 1 N–H and O–H groups in total. The molecule has 1 saturated carbocycles. The Labute approximate surface area is 121 Å². The summed E-state index contributed by atoms with van der Waals surface area (Å²) in [6.07, 6.45) is 0.548. The number of nitrogens with one attached hydrogen (secondary N) is 1. The van der Waals surface area contributed by atoms with Gasteiger partial charge in [-0.05, 0) is 31.7 Å². The van der Waals surface area contributed by atoms with E-state index in [9.17, 15) is 13.2 Å². The fraction of sp³-hybridized carbons (Fsp3) is 0.786. The van der Waals surface area contributed by atoms with Gasteiger partial charge >= 0.3 is 6.18 Å². The lowest BCUT2D eigenvalue weighted by Gasteiger charge is -2.35. The highest BCUT2D eigenvalue weighted by molar-refractivity contribution is 7.09. The molecular formula is C14H21F3N2S. The molecule has 3 unspecified atom stereocenters. The third-order valence-corrected chi connectivity index (χ3v) is 4.89. The van der Waals surface area contributed by atoms with E-state index in [1.165, 1.54) is 0 Å². The smallest absolute Gasteiger partial charge is 0.314 e. The normalized spacial score (nSPS) is 25.6. The van der Waals surface area contributed by atoms with Crippen molar-refractivity contribution in [2.75, 3.05) is 6.54 Å². The summed E-state index contributed by atoms with van der Waals surface area (Å²) < 4.78 is 38.7. The van der Waals surface area contributed by atoms with E-state index in [0.29, 0.717) is 6.42 Å². The molecule has 0 saturated heterocycles. The predicted octanol–water partition coefficient (Wildman–Crippen LogP) is 4.03. The molecule has 2 rings (SSSR count). The maximum atomic E-state index is 12.9. The van der Waals surface area contributed by atoms with Crippen LogP contribution in [0.25, 0.3) is 0 Å². The van der Waals surface area contributed by atoms with Crippen LogP contribution in [0, 0.1) is 11.8 Å². The Balaban J connectivity index is 2.01. The van der Waals surface area contributed by atoms with Crippen molar-refractivity contribution in [2.45, 2.75) is 51.2 Å². The van der Waals surface area contributed by atoms with E-state index in [1.807, 2.05) is 12.3 Å². The fourth-order valence-electron chi connectivity index (χ4n) is 3.10. The molecule has 1 fully saturated rings. The molecule has 0 amide bonds. The highest BCUT2D eigenvalue weighted by atomic mass is 32.1. The number of alkyl halides is 3. The first-order chi connectivity index (χ1) is 9.50. The van der Waals surface area contributed by atoms with Crippen LogP contribution in [0.3, 0.4) is 0 Å². The molecule has 1 aliphatic carbocycles. The van der Waals surface area contributed by atoms with Crippen LogP contribution >= 0.6 is 11.3 Å². The van der Waals surface area contributed by atoms with Crippen molar-refractivity contribution < 1.29 is 13.2 Å². The zero-order valence-electron chi connectivity index (χ0n) is 11.6. The van der Waals surface area contributed by atoms with Crippen molar-refractivity contribution in [2.24, 2.45) is 11.8 Å². The zero-order valence-corrected chi connectivity index (χ0v) is 12.4. The van der Waals surface area contributed by atoms with Crippen LogP contribution in [0.1, 0.15) is 37.6 Å². The van der Waals surface area contributed by atoms with E-state index >= 15 is 0 Å². The molecular weight excluding hydrogens is 285 g/mol. The average molecular weight is 306 g/mol. The van der Waals surface area contributed by atoms with Gasteiger partial charge in [0.15, 0.2) is 0 Å². The molecule has 0 aliphatic heterocycles. The first kappa shape index (κ1) is 15.8. The molecule has 0 spiro atoms. The van der Waals surface area contributed by atoms with Gasteiger partial charge in [0.25, 0.3) is 0 Å². The number of rotatable bonds is 5. The zero-order chi connectivity index (χ0) is 14.6. The van der Waals surface area contributed by atoms with Gasteiger partial charge in [0.2, 0.25) is 0 Å². The van der Waals surface area contributed by atoms with Gasteiger partial charge in [-0.3, -0.25) is 0 Å². The molecule has 1 heterocycles. The van der Waals surface area contributed by atoms with Crippen LogP contribution in [-0.4, -0.2) is 23.7 Å². The number of nitrogens with zero attached hydrogens (tertiary/aromatic N) is 1. The Bertz CT molecular complexity index is 392. The molecule has 3 atom stereocenters. The number of aromatic nitrogens is 1. The van der Waals surface area contributed by atoms with Crippen LogP contribution in [0.15, 0.2) is 11.6 Å². The first-order valence-corrected chi connectivity index (χ1v) is 8.07. The van der Waals surface area contributed by atoms with Gasteiger partial charge in [0, 0.05) is 24.0 Å². The van der Waals surface area contributed by atoms with E-state index in [-0.39, 0.29) is 24.8 Å². The first-order valence-electron chi connectivity index (χ1n) is 7.19. The molecule has 1 aromatic heterocycles. The molecule has 0 bridgehead atoms. The van der Waals surface area contributed by atoms with E-state index in [1.54, 1.807) is 17.5 Å². The summed E-state index contributed by atoms with van der Waals surface area (Å²) in [5.74, 6) is -1.03. The lowest BCUT2D eigenvalue weighted by Crippen LogP contribution is -2.42. The van der Waals surface area contributed by atoms with Crippen molar-refractivity contribution in [3.8, 4) is 0 Å². The van der Waals surface area contributed by atoms with Crippen molar-refractivity contribution in [3.05, 3.63) is 16.6 Å². The second-order valence-electron chi connectivity index (χ2n) is 5.46. The Morgan fingerprint density at radius 2 is 2.25 bits per heavy atom. The Kier molecular flexibility index (Phi) is 5.43. The second kappa shape index (κ2) is 6.89. The Morgan fingerprint density at radius 1 is 1.45 bits per heavy atom. The van der Waals surface area contributed by atoms with Crippen LogP contribution in [0.2, 0.25) is 0 Å². The summed E-state index contributed by atoms with van der Waals surface area (Å²) in [7, 11) is 0. The van der Waals surface area contributed by atoms with Crippen LogP contribution in [-0.2, 0) is 6.42 Å². The quantitative estimate of drug-likeness (QED) is 0.888. The minimum Gasteiger partial charge on any atom is -0.314 e. The van der Waals surface area contributed by atoms with E-state index in [0.717, 1.165) is 24.4 Å². The molecule has 0 radical (unpaired) electrons. The van der Waals surface area contributed by atoms with Crippen LogP contribution in [0.5, 0.6) is 0 Å². The molecule has 0 aromatic carbocycles. The number of hydrogen-bond donors (Lipinski definition) is 1. The van der Waals surface area contributed by atoms with Gasteiger partial charge in [0.1, 0.15) is 0 Å². The minimum absolute atomic E-state index is 0.0965. The molecule has 6 heteroatoms. The average Bonchev–Trinajstić information content (AvgIpc) is 2.90. The predicted molar refractivity (Wildman–Crippen MR) is 74.8 cm³/mol. The summed E-state index contributed by atoms with van der Waals surface area (Å²) in [6, 6.07) is 0.108. The van der Waals surface area contributed by atoms with E-state index in [4.69, 9.17) is 0 Å². The molecule has 114 valence electrons. The number of halogens is 3. The topological polar surface area (TPSA) is 24.9 Å². The summed E-state index contributed by atoms with van der Waals surface area (Å²) in [6.45, 7) is 2.78. The van der Waals surface area contributed by atoms with Gasteiger partial charge in [0.05, 0.1) is 10.9 Å². The third kappa shape index (κ3) is 4.19. The standard InChI is InChI=1S/C14H21F3N2S/c1-2-18-12(9-13-19-6-7-20-13)10-4-3-5-11(8-10)14(15,16)17/h6-7,10-12,18H,2-5,8-9H2,1H3. The number of likely N-dealkylation sites (N-methyl/N-ethyl adjacent to an activating group) is 1. The van der Waals surface area contributed by atoms with E-state index < -0.39 is 12.1 Å². The number of hydrogen-bond acceptors (Lipinski definition) is 3. The Morgan fingerprint density at radius 3 is 2.85 bits per heavy atom. The lowest BCUT2D eigenvalue weighted by atomic mass is 9.76. The highest BCUT2D eigenvalue weighted by Gasteiger charge is 2.43. The van der Waals surface area contributed by atoms with Gasteiger partial charge in [-0.25, -0.2) is 4.98 Å².